The average molecular weight is 240 g/mol. The molecule has 0 spiro atoms. The van der Waals surface area contributed by atoms with Gasteiger partial charge in [0.25, 0.3) is 0 Å². The number of rotatable bonds is 1. The molecule has 0 saturated heterocycles. The van der Waals surface area contributed by atoms with Gasteiger partial charge in [-0.1, -0.05) is 36.4 Å². The third kappa shape index (κ3) is 2.19. The highest BCUT2D eigenvalue weighted by Gasteiger charge is 2.04. The quantitative estimate of drug-likeness (QED) is 0.818. The minimum absolute atomic E-state index is 0.903. The summed E-state index contributed by atoms with van der Waals surface area (Å²) < 4.78 is 0. The minimum Gasteiger partial charge on any atom is -0.343 e. The van der Waals surface area contributed by atoms with E-state index in [2.05, 4.69) is 52.8 Å². The van der Waals surface area contributed by atoms with Crippen molar-refractivity contribution in [3.63, 3.8) is 0 Å². The molecule has 1 aliphatic heterocycles. The number of hydrogen-bond donors (Lipinski definition) is 1. The SMILES string of the molecule is C1=CSCC(Nc2cccc3ccccc23)=N1. The van der Waals surface area contributed by atoms with Crippen LogP contribution in [0.25, 0.3) is 10.8 Å². The molecule has 0 aromatic heterocycles. The standard InChI is InChI=1S/C14H12N2S/c1-2-6-12-11(4-1)5-3-7-13(12)16-14-10-17-9-8-15-14/h1-9H,10H2,(H,15,16). The van der Waals surface area contributed by atoms with Gasteiger partial charge in [0.1, 0.15) is 5.84 Å². The number of thioether (sulfide) groups is 1. The molecule has 2 aromatic rings. The zero-order valence-corrected chi connectivity index (χ0v) is 10.1. The lowest BCUT2D eigenvalue weighted by Gasteiger charge is -2.12. The summed E-state index contributed by atoms with van der Waals surface area (Å²) in [4.78, 5) is 4.34. The molecule has 1 aliphatic rings. The average Bonchev–Trinajstić information content (AvgIpc) is 2.40. The van der Waals surface area contributed by atoms with Gasteiger partial charge >= 0.3 is 0 Å². The molecule has 84 valence electrons. The highest BCUT2D eigenvalue weighted by Crippen LogP contribution is 2.23. The number of benzene rings is 2. The maximum Gasteiger partial charge on any atom is 0.116 e. The first kappa shape index (κ1) is 10.4. The van der Waals surface area contributed by atoms with Gasteiger partial charge < -0.3 is 5.32 Å². The number of amidine groups is 1. The first-order valence-electron chi connectivity index (χ1n) is 5.51. The van der Waals surface area contributed by atoms with Crippen LogP contribution in [-0.4, -0.2) is 11.6 Å². The molecule has 0 bridgehead atoms. The van der Waals surface area contributed by atoms with E-state index in [1.165, 1.54) is 10.8 Å². The molecular weight excluding hydrogens is 228 g/mol. The lowest BCUT2D eigenvalue weighted by atomic mass is 10.1. The number of aliphatic imine (C=N–C) groups is 1. The van der Waals surface area contributed by atoms with E-state index < -0.39 is 0 Å². The summed E-state index contributed by atoms with van der Waals surface area (Å²) in [5.41, 5.74) is 1.12. The maximum atomic E-state index is 4.34. The Bertz CT molecular complexity index is 597. The van der Waals surface area contributed by atoms with Gasteiger partial charge in [0.15, 0.2) is 0 Å². The van der Waals surface area contributed by atoms with E-state index in [0.29, 0.717) is 0 Å². The summed E-state index contributed by atoms with van der Waals surface area (Å²) in [6.07, 6.45) is 1.83. The predicted molar refractivity (Wildman–Crippen MR) is 76.6 cm³/mol. The van der Waals surface area contributed by atoms with Crippen LogP contribution >= 0.6 is 11.8 Å². The highest BCUT2D eigenvalue weighted by molar-refractivity contribution is 8.02. The van der Waals surface area contributed by atoms with Crippen LogP contribution in [0, 0.1) is 0 Å². The Labute approximate surface area is 104 Å². The van der Waals surface area contributed by atoms with Crippen molar-refractivity contribution < 1.29 is 0 Å². The van der Waals surface area contributed by atoms with Crippen molar-refractivity contribution in [1.29, 1.82) is 0 Å². The molecule has 0 unspecified atom stereocenters. The monoisotopic (exact) mass is 240 g/mol. The van der Waals surface area contributed by atoms with Crippen LogP contribution in [0.1, 0.15) is 0 Å². The Morgan fingerprint density at radius 2 is 1.94 bits per heavy atom. The van der Waals surface area contributed by atoms with Crippen molar-refractivity contribution in [2.75, 3.05) is 11.1 Å². The zero-order valence-electron chi connectivity index (χ0n) is 9.26. The molecule has 0 radical (unpaired) electrons. The molecule has 0 saturated carbocycles. The highest BCUT2D eigenvalue weighted by atomic mass is 32.2. The lowest BCUT2D eigenvalue weighted by Crippen LogP contribution is -2.15. The molecule has 2 nitrogen and oxygen atoms in total. The minimum atomic E-state index is 0.903. The van der Waals surface area contributed by atoms with Crippen LogP contribution in [0.2, 0.25) is 0 Å². The van der Waals surface area contributed by atoms with E-state index in [0.717, 1.165) is 17.3 Å². The number of hydrogen-bond acceptors (Lipinski definition) is 3. The van der Waals surface area contributed by atoms with E-state index in [1.54, 1.807) is 11.8 Å². The molecule has 3 heteroatoms. The molecule has 17 heavy (non-hydrogen) atoms. The van der Waals surface area contributed by atoms with Crippen molar-refractivity contribution in [3.05, 3.63) is 54.1 Å². The summed E-state index contributed by atoms with van der Waals surface area (Å²) in [5, 5.41) is 7.89. The molecule has 0 atom stereocenters. The second-order valence-electron chi connectivity index (χ2n) is 3.82. The number of nitrogens with zero attached hydrogens (tertiary/aromatic N) is 1. The third-order valence-electron chi connectivity index (χ3n) is 2.68. The Kier molecular flexibility index (Phi) is 2.84. The second-order valence-corrected chi connectivity index (χ2v) is 4.72. The molecule has 1 heterocycles. The fourth-order valence-electron chi connectivity index (χ4n) is 1.89. The van der Waals surface area contributed by atoms with Gasteiger partial charge in [-0.15, -0.1) is 11.8 Å². The summed E-state index contributed by atoms with van der Waals surface area (Å²) in [7, 11) is 0. The Balaban J connectivity index is 2.00. The molecule has 3 rings (SSSR count). The number of anilines is 1. The van der Waals surface area contributed by atoms with Gasteiger partial charge in [-0.25, -0.2) is 4.99 Å². The topological polar surface area (TPSA) is 24.4 Å². The van der Waals surface area contributed by atoms with Crippen LogP contribution in [-0.2, 0) is 0 Å². The van der Waals surface area contributed by atoms with E-state index in [-0.39, 0.29) is 0 Å². The Morgan fingerprint density at radius 1 is 1.06 bits per heavy atom. The third-order valence-corrected chi connectivity index (χ3v) is 3.43. The van der Waals surface area contributed by atoms with Crippen LogP contribution in [0.4, 0.5) is 5.69 Å². The van der Waals surface area contributed by atoms with Crippen LogP contribution < -0.4 is 5.32 Å². The van der Waals surface area contributed by atoms with Crippen LogP contribution in [0.5, 0.6) is 0 Å². The van der Waals surface area contributed by atoms with E-state index in [9.17, 15) is 0 Å². The molecular formula is C14H12N2S. The molecule has 0 amide bonds. The molecule has 2 aromatic carbocycles. The smallest absolute Gasteiger partial charge is 0.116 e. The largest absolute Gasteiger partial charge is 0.343 e. The summed E-state index contributed by atoms with van der Waals surface area (Å²) in [6.45, 7) is 0. The Hall–Kier alpha value is -1.74. The van der Waals surface area contributed by atoms with Crippen molar-refractivity contribution >= 4 is 34.1 Å². The van der Waals surface area contributed by atoms with Crippen molar-refractivity contribution in [3.8, 4) is 0 Å². The second kappa shape index (κ2) is 4.63. The number of fused-ring (bicyclic) bond motifs is 1. The summed E-state index contributed by atoms with van der Waals surface area (Å²) >= 11 is 1.75. The van der Waals surface area contributed by atoms with Crippen molar-refractivity contribution in [2.45, 2.75) is 0 Å². The molecule has 0 aliphatic carbocycles. The van der Waals surface area contributed by atoms with Crippen molar-refractivity contribution in [1.82, 2.24) is 0 Å². The van der Waals surface area contributed by atoms with Crippen LogP contribution in [0.15, 0.2) is 59.1 Å². The molecule has 0 fully saturated rings. The Morgan fingerprint density at radius 3 is 2.82 bits per heavy atom. The lowest BCUT2D eigenvalue weighted by molar-refractivity contribution is 1.49. The fraction of sp³-hybridized carbons (Fsp3) is 0.0714. The van der Waals surface area contributed by atoms with Gasteiger partial charge in [0.2, 0.25) is 0 Å². The van der Waals surface area contributed by atoms with Gasteiger partial charge in [-0.3, -0.25) is 0 Å². The summed E-state index contributed by atoms with van der Waals surface area (Å²) in [5.74, 6) is 1.91. The van der Waals surface area contributed by atoms with Crippen LogP contribution in [0.3, 0.4) is 0 Å². The normalized spacial score (nSPS) is 14.7. The van der Waals surface area contributed by atoms with Gasteiger partial charge in [0.05, 0.1) is 5.75 Å². The first-order valence-corrected chi connectivity index (χ1v) is 6.56. The number of nitrogens with one attached hydrogen (secondary N) is 1. The zero-order chi connectivity index (χ0) is 11.5. The van der Waals surface area contributed by atoms with E-state index >= 15 is 0 Å². The first-order chi connectivity index (χ1) is 8.43. The van der Waals surface area contributed by atoms with E-state index in [4.69, 9.17) is 0 Å². The van der Waals surface area contributed by atoms with Gasteiger partial charge in [0, 0.05) is 17.3 Å². The summed E-state index contributed by atoms with van der Waals surface area (Å²) in [6, 6.07) is 14.7. The maximum absolute atomic E-state index is 4.34. The van der Waals surface area contributed by atoms with E-state index in [1.807, 2.05) is 11.6 Å². The van der Waals surface area contributed by atoms with Gasteiger partial charge in [-0.2, -0.15) is 0 Å². The molecule has 1 N–H and O–H groups in total. The predicted octanol–water partition coefficient (Wildman–Crippen LogP) is 3.87. The van der Waals surface area contributed by atoms with Gasteiger partial charge in [-0.05, 0) is 16.9 Å². The fourth-order valence-corrected chi connectivity index (χ4v) is 2.43. The van der Waals surface area contributed by atoms with Crippen molar-refractivity contribution in [2.24, 2.45) is 4.99 Å².